The topological polar surface area (TPSA) is 40.5 Å². The van der Waals surface area contributed by atoms with E-state index in [2.05, 4.69) is 4.90 Å². The lowest BCUT2D eigenvalue weighted by atomic mass is 9.79. The first-order valence-electron chi connectivity index (χ1n) is 7.95. The number of Topliss-reactive ketones (excluding diaryl/α,β-unsaturated/α-hetero) is 1. The van der Waals surface area contributed by atoms with E-state index >= 15 is 0 Å². The average molecular weight is 285 g/mol. The summed E-state index contributed by atoms with van der Waals surface area (Å²) in [5, 5.41) is 10.2. The summed E-state index contributed by atoms with van der Waals surface area (Å²) >= 11 is 0. The molecule has 3 rings (SSSR count). The van der Waals surface area contributed by atoms with Crippen LogP contribution in [0.3, 0.4) is 0 Å². The molecule has 0 amide bonds. The van der Waals surface area contributed by atoms with Crippen molar-refractivity contribution in [3.63, 3.8) is 0 Å². The molecule has 3 heteroatoms. The number of ketones is 1. The van der Waals surface area contributed by atoms with Gasteiger partial charge in [0.15, 0.2) is 5.78 Å². The van der Waals surface area contributed by atoms with Crippen molar-refractivity contribution in [3.05, 3.63) is 36.0 Å². The van der Waals surface area contributed by atoms with Gasteiger partial charge in [0.1, 0.15) is 5.75 Å². The SMILES string of the molecule is CC1=CN(c2ccccc2O)[C@H](C2CCCCC2)CC1=O. The summed E-state index contributed by atoms with van der Waals surface area (Å²) < 4.78 is 0. The maximum absolute atomic E-state index is 12.2. The van der Waals surface area contributed by atoms with Gasteiger partial charge in [-0.1, -0.05) is 31.4 Å². The Morgan fingerprint density at radius 2 is 1.86 bits per heavy atom. The largest absolute Gasteiger partial charge is 0.506 e. The Labute approximate surface area is 126 Å². The van der Waals surface area contributed by atoms with E-state index in [-0.39, 0.29) is 17.6 Å². The Hall–Kier alpha value is -1.77. The van der Waals surface area contributed by atoms with Crippen molar-refractivity contribution in [1.29, 1.82) is 0 Å². The number of hydrogen-bond acceptors (Lipinski definition) is 3. The number of rotatable bonds is 2. The predicted octanol–water partition coefficient (Wildman–Crippen LogP) is 4.02. The predicted molar refractivity (Wildman–Crippen MR) is 84.3 cm³/mol. The van der Waals surface area contributed by atoms with Gasteiger partial charge in [0.2, 0.25) is 0 Å². The molecule has 2 aliphatic rings. The van der Waals surface area contributed by atoms with Crippen LogP contribution in [-0.4, -0.2) is 16.9 Å². The molecular formula is C18H23NO2. The van der Waals surface area contributed by atoms with Crippen LogP contribution < -0.4 is 4.90 Å². The summed E-state index contributed by atoms with van der Waals surface area (Å²) in [7, 11) is 0. The number of carbonyl (C=O) groups excluding carboxylic acids is 1. The van der Waals surface area contributed by atoms with Crippen LogP contribution >= 0.6 is 0 Å². The summed E-state index contributed by atoms with van der Waals surface area (Å²) in [5.74, 6) is 1.08. The third-order valence-electron chi connectivity index (χ3n) is 4.88. The van der Waals surface area contributed by atoms with Gasteiger partial charge in [0.05, 0.1) is 5.69 Å². The van der Waals surface area contributed by atoms with Crippen molar-refractivity contribution in [1.82, 2.24) is 0 Å². The number of carbonyl (C=O) groups is 1. The quantitative estimate of drug-likeness (QED) is 0.892. The van der Waals surface area contributed by atoms with Crippen LogP contribution in [0.2, 0.25) is 0 Å². The van der Waals surface area contributed by atoms with Gasteiger partial charge in [0.25, 0.3) is 0 Å². The van der Waals surface area contributed by atoms with E-state index in [1.54, 1.807) is 6.07 Å². The van der Waals surface area contributed by atoms with Crippen molar-refractivity contribution in [3.8, 4) is 5.75 Å². The van der Waals surface area contributed by atoms with E-state index in [4.69, 9.17) is 0 Å². The third-order valence-corrected chi connectivity index (χ3v) is 4.88. The number of nitrogens with zero attached hydrogens (tertiary/aromatic N) is 1. The maximum Gasteiger partial charge on any atom is 0.162 e. The molecule has 1 aromatic rings. The summed E-state index contributed by atoms with van der Waals surface area (Å²) in [4.78, 5) is 14.3. The Kier molecular flexibility index (Phi) is 4.00. The third kappa shape index (κ3) is 2.82. The Balaban J connectivity index is 1.96. The molecule has 0 saturated heterocycles. The Bertz CT molecular complexity index is 558. The van der Waals surface area contributed by atoms with Crippen LogP contribution in [0, 0.1) is 5.92 Å². The number of benzene rings is 1. The highest BCUT2D eigenvalue weighted by atomic mass is 16.3. The minimum atomic E-state index is 0.190. The fraction of sp³-hybridized carbons (Fsp3) is 0.500. The van der Waals surface area contributed by atoms with Gasteiger partial charge in [-0.2, -0.15) is 0 Å². The summed E-state index contributed by atoms with van der Waals surface area (Å²) in [6.07, 6.45) is 8.70. The van der Waals surface area contributed by atoms with Crippen LogP contribution in [0.1, 0.15) is 45.4 Å². The number of phenols is 1. The van der Waals surface area contributed by atoms with E-state index in [1.165, 1.54) is 32.1 Å². The fourth-order valence-corrected chi connectivity index (χ4v) is 3.67. The minimum absolute atomic E-state index is 0.190. The molecule has 1 fully saturated rings. The number of allylic oxidation sites excluding steroid dienone is 1. The molecule has 1 aliphatic carbocycles. The van der Waals surface area contributed by atoms with Crippen molar-refractivity contribution >= 4 is 11.5 Å². The molecule has 1 saturated carbocycles. The molecule has 1 N–H and O–H groups in total. The van der Waals surface area contributed by atoms with E-state index in [0.29, 0.717) is 12.3 Å². The summed E-state index contributed by atoms with van der Waals surface area (Å²) in [6.45, 7) is 1.87. The second kappa shape index (κ2) is 5.92. The minimum Gasteiger partial charge on any atom is -0.506 e. The molecule has 1 heterocycles. The zero-order chi connectivity index (χ0) is 14.8. The standard InChI is InChI=1S/C18H23NO2/c1-13-12-19(15-9-5-6-10-17(15)20)16(11-18(13)21)14-7-3-2-4-8-14/h5-6,9-10,12,14,16,20H,2-4,7-8,11H2,1H3/t16-/m0/s1. The number of phenolic OH excluding ortho intramolecular Hbond substituents is 1. The number of aromatic hydroxyl groups is 1. The lowest BCUT2D eigenvalue weighted by Gasteiger charge is -2.40. The van der Waals surface area contributed by atoms with E-state index in [9.17, 15) is 9.90 Å². The lowest BCUT2D eigenvalue weighted by molar-refractivity contribution is -0.116. The Morgan fingerprint density at radius 3 is 2.57 bits per heavy atom. The lowest BCUT2D eigenvalue weighted by Crippen LogP contribution is -2.43. The van der Waals surface area contributed by atoms with Crippen LogP contribution in [0.5, 0.6) is 5.75 Å². The normalized spacial score (nSPS) is 24.0. The molecule has 0 unspecified atom stereocenters. The van der Waals surface area contributed by atoms with Crippen LogP contribution in [0.15, 0.2) is 36.0 Å². The van der Waals surface area contributed by atoms with Crippen LogP contribution in [0.4, 0.5) is 5.69 Å². The molecule has 0 spiro atoms. The van der Waals surface area contributed by atoms with Gasteiger partial charge in [0, 0.05) is 24.2 Å². The van der Waals surface area contributed by atoms with Crippen molar-refractivity contribution in [2.24, 2.45) is 5.92 Å². The molecule has 1 atom stereocenters. The second-order valence-corrected chi connectivity index (χ2v) is 6.30. The van der Waals surface area contributed by atoms with Gasteiger partial charge in [-0.3, -0.25) is 4.79 Å². The smallest absolute Gasteiger partial charge is 0.162 e. The first kappa shape index (κ1) is 14.2. The summed E-state index contributed by atoms with van der Waals surface area (Å²) in [6, 6.07) is 7.61. The molecule has 0 aromatic heterocycles. The van der Waals surface area contributed by atoms with Gasteiger partial charge in [-0.25, -0.2) is 0 Å². The second-order valence-electron chi connectivity index (χ2n) is 6.30. The molecule has 112 valence electrons. The zero-order valence-electron chi connectivity index (χ0n) is 12.6. The van der Waals surface area contributed by atoms with E-state index in [0.717, 1.165) is 11.3 Å². The molecule has 1 aromatic carbocycles. The van der Waals surface area contributed by atoms with E-state index in [1.807, 2.05) is 31.3 Å². The maximum atomic E-state index is 12.2. The van der Waals surface area contributed by atoms with Crippen LogP contribution in [0.25, 0.3) is 0 Å². The molecular weight excluding hydrogens is 262 g/mol. The van der Waals surface area contributed by atoms with Gasteiger partial charge in [-0.15, -0.1) is 0 Å². The molecule has 1 aliphatic heterocycles. The van der Waals surface area contributed by atoms with Gasteiger partial charge >= 0.3 is 0 Å². The number of para-hydroxylation sites is 2. The van der Waals surface area contributed by atoms with E-state index < -0.39 is 0 Å². The molecule has 21 heavy (non-hydrogen) atoms. The van der Waals surface area contributed by atoms with Crippen molar-refractivity contribution in [2.45, 2.75) is 51.5 Å². The van der Waals surface area contributed by atoms with Crippen molar-refractivity contribution < 1.29 is 9.90 Å². The van der Waals surface area contributed by atoms with Gasteiger partial charge in [-0.05, 0) is 37.8 Å². The first-order chi connectivity index (χ1) is 10.2. The van der Waals surface area contributed by atoms with Crippen LogP contribution in [-0.2, 0) is 4.79 Å². The summed E-state index contributed by atoms with van der Waals surface area (Å²) in [5.41, 5.74) is 1.60. The van der Waals surface area contributed by atoms with Gasteiger partial charge < -0.3 is 10.0 Å². The van der Waals surface area contributed by atoms with Crippen molar-refractivity contribution in [2.75, 3.05) is 4.90 Å². The highest BCUT2D eigenvalue weighted by Crippen LogP contribution is 2.38. The average Bonchev–Trinajstić information content (AvgIpc) is 2.51. The highest BCUT2D eigenvalue weighted by Gasteiger charge is 2.34. The highest BCUT2D eigenvalue weighted by molar-refractivity contribution is 5.97. The first-order valence-corrected chi connectivity index (χ1v) is 7.95. The molecule has 3 nitrogen and oxygen atoms in total. The molecule has 0 bridgehead atoms. The molecule has 0 radical (unpaired) electrons. The fourth-order valence-electron chi connectivity index (χ4n) is 3.67. The number of anilines is 1. The number of hydrogen-bond donors (Lipinski definition) is 1. The Morgan fingerprint density at radius 1 is 1.14 bits per heavy atom. The monoisotopic (exact) mass is 285 g/mol. The zero-order valence-corrected chi connectivity index (χ0v) is 12.6.